The molecule has 0 fully saturated rings. The second-order valence-electron chi connectivity index (χ2n) is 3.09. The Balaban J connectivity index is 2.94. The van der Waals surface area contributed by atoms with Crippen molar-refractivity contribution in [1.29, 1.82) is 0 Å². The molecule has 0 aliphatic rings. The van der Waals surface area contributed by atoms with Gasteiger partial charge in [-0.25, -0.2) is 8.42 Å². The van der Waals surface area contributed by atoms with Gasteiger partial charge in [-0.3, -0.25) is 0 Å². The summed E-state index contributed by atoms with van der Waals surface area (Å²) >= 11 is 0. The molecule has 82 valence electrons. The molecular weight excluding hydrogens is 214 g/mol. The van der Waals surface area contributed by atoms with Crippen LogP contribution in [0.15, 0.2) is 35.5 Å². The monoisotopic (exact) mass is 227 g/mol. The lowest BCUT2D eigenvalue weighted by atomic mass is 10.1. The zero-order valence-electron chi connectivity index (χ0n) is 8.42. The number of nitrogens with zero attached hydrogens (tertiary/aromatic N) is 1. The van der Waals surface area contributed by atoms with E-state index in [-0.39, 0.29) is 17.2 Å². The molecule has 0 amide bonds. The summed E-state index contributed by atoms with van der Waals surface area (Å²) in [6, 6.07) is 8.76. The Hall–Kier alpha value is -1.36. The van der Waals surface area contributed by atoms with Gasteiger partial charge in [0, 0.05) is 11.3 Å². The maximum Gasteiger partial charge on any atom is 0.155 e. The molecule has 4 nitrogen and oxygen atoms in total. The highest BCUT2D eigenvalue weighted by Crippen LogP contribution is 2.04. The van der Waals surface area contributed by atoms with Crippen LogP contribution < -0.4 is 0 Å². The number of benzene rings is 1. The summed E-state index contributed by atoms with van der Waals surface area (Å²) in [7, 11) is -3.17. The molecule has 1 N–H and O–H groups in total. The topological polar surface area (TPSA) is 66.7 Å². The molecule has 1 aromatic rings. The standard InChI is InChI=1S/C10H13NO3S/c1-2-15(13,14)8-10(11-12)9-6-4-3-5-7-9/h3-7,12H,2,8H2,1H3/b11-10-. The average molecular weight is 227 g/mol. The summed E-state index contributed by atoms with van der Waals surface area (Å²) in [6.07, 6.45) is 0. The van der Waals surface area contributed by atoms with Crippen molar-refractivity contribution in [2.45, 2.75) is 6.92 Å². The van der Waals surface area contributed by atoms with Crippen LogP contribution in [0.2, 0.25) is 0 Å². The molecule has 1 aromatic carbocycles. The molecule has 0 spiro atoms. The van der Waals surface area contributed by atoms with Crippen molar-refractivity contribution in [2.24, 2.45) is 5.16 Å². The van der Waals surface area contributed by atoms with Gasteiger partial charge >= 0.3 is 0 Å². The van der Waals surface area contributed by atoms with E-state index in [2.05, 4.69) is 5.16 Å². The lowest BCUT2D eigenvalue weighted by Crippen LogP contribution is -2.18. The maximum absolute atomic E-state index is 11.3. The summed E-state index contributed by atoms with van der Waals surface area (Å²) in [5.41, 5.74) is 0.800. The van der Waals surface area contributed by atoms with E-state index in [1.807, 2.05) is 6.07 Å². The minimum Gasteiger partial charge on any atom is -0.411 e. The Morgan fingerprint density at radius 2 is 1.93 bits per heavy atom. The molecule has 0 heterocycles. The first-order valence-corrected chi connectivity index (χ1v) is 6.38. The number of sulfone groups is 1. The Morgan fingerprint density at radius 1 is 1.33 bits per heavy atom. The third-order valence-electron chi connectivity index (χ3n) is 2.02. The first-order valence-electron chi connectivity index (χ1n) is 4.56. The predicted molar refractivity (Wildman–Crippen MR) is 59.1 cm³/mol. The van der Waals surface area contributed by atoms with E-state index >= 15 is 0 Å². The first kappa shape index (κ1) is 11.7. The maximum atomic E-state index is 11.3. The molecule has 0 saturated heterocycles. The van der Waals surface area contributed by atoms with E-state index in [9.17, 15) is 8.42 Å². The van der Waals surface area contributed by atoms with Gasteiger partial charge in [0.05, 0.1) is 5.75 Å². The molecule has 5 heteroatoms. The van der Waals surface area contributed by atoms with Crippen LogP contribution in [0.25, 0.3) is 0 Å². The summed E-state index contributed by atoms with van der Waals surface area (Å²) < 4.78 is 22.7. The Labute approximate surface area is 89.2 Å². The third-order valence-corrected chi connectivity index (χ3v) is 3.62. The fourth-order valence-corrected chi connectivity index (χ4v) is 1.96. The highest BCUT2D eigenvalue weighted by atomic mass is 32.2. The summed E-state index contributed by atoms with van der Waals surface area (Å²) in [6.45, 7) is 1.56. The Kier molecular flexibility index (Phi) is 3.85. The molecule has 0 aliphatic heterocycles. The van der Waals surface area contributed by atoms with Gasteiger partial charge in [0.1, 0.15) is 5.71 Å². The fraction of sp³-hybridized carbons (Fsp3) is 0.300. The quantitative estimate of drug-likeness (QED) is 0.479. The van der Waals surface area contributed by atoms with Crippen LogP contribution in [0.3, 0.4) is 0 Å². The molecule has 0 radical (unpaired) electrons. The lowest BCUT2D eigenvalue weighted by molar-refractivity contribution is 0.319. The second kappa shape index (κ2) is 4.93. The number of oxime groups is 1. The summed E-state index contributed by atoms with van der Waals surface area (Å²) in [5.74, 6) is -0.192. The van der Waals surface area contributed by atoms with Crippen molar-refractivity contribution in [2.75, 3.05) is 11.5 Å². The minimum atomic E-state index is -3.17. The Bertz CT molecular complexity index is 437. The largest absolute Gasteiger partial charge is 0.411 e. The molecule has 0 bridgehead atoms. The van der Waals surface area contributed by atoms with Gasteiger partial charge < -0.3 is 5.21 Å². The SMILES string of the molecule is CCS(=O)(=O)C/C(=N/O)c1ccccc1. The van der Waals surface area contributed by atoms with Gasteiger partial charge in [0.2, 0.25) is 0 Å². The summed E-state index contributed by atoms with van der Waals surface area (Å²) in [5, 5.41) is 11.8. The van der Waals surface area contributed by atoms with Crippen molar-refractivity contribution in [3.05, 3.63) is 35.9 Å². The Morgan fingerprint density at radius 3 is 2.40 bits per heavy atom. The van der Waals surface area contributed by atoms with E-state index in [0.29, 0.717) is 5.56 Å². The van der Waals surface area contributed by atoms with Crippen molar-refractivity contribution >= 4 is 15.5 Å². The third kappa shape index (κ3) is 3.36. The highest BCUT2D eigenvalue weighted by molar-refractivity contribution is 7.92. The predicted octanol–water partition coefficient (Wildman–Crippen LogP) is 1.30. The molecule has 0 unspecified atom stereocenters. The molecule has 15 heavy (non-hydrogen) atoms. The zero-order valence-corrected chi connectivity index (χ0v) is 9.24. The van der Waals surface area contributed by atoms with E-state index in [1.54, 1.807) is 31.2 Å². The van der Waals surface area contributed by atoms with Crippen LogP contribution in [-0.4, -0.2) is 30.8 Å². The van der Waals surface area contributed by atoms with Gasteiger partial charge in [0.25, 0.3) is 0 Å². The average Bonchev–Trinajstić information content (AvgIpc) is 2.27. The van der Waals surface area contributed by atoms with Gasteiger partial charge in [-0.1, -0.05) is 42.4 Å². The van der Waals surface area contributed by atoms with E-state index < -0.39 is 9.84 Å². The first-order chi connectivity index (χ1) is 7.09. The number of hydrogen-bond acceptors (Lipinski definition) is 4. The number of rotatable bonds is 4. The van der Waals surface area contributed by atoms with Crippen molar-refractivity contribution < 1.29 is 13.6 Å². The highest BCUT2D eigenvalue weighted by Gasteiger charge is 2.14. The molecule has 0 atom stereocenters. The molecule has 0 saturated carbocycles. The van der Waals surface area contributed by atoms with E-state index in [1.165, 1.54) is 0 Å². The van der Waals surface area contributed by atoms with Gasteiger partial charge in [-0.15, -0.1) is 0 Å². The lowest BCUT2D eigenvalue weighted by Gasteiger charge is -2.04. The fourth-order valence-electron chi connectivity index (χ4n) is 1.11. The van der Waals surface area contributed by atoms with Gasteiger partial charge in [0.15, 0.2) is 9.84 Å². The minimum absolute atomic E-state index is 0.0405. The van der Waals surface area contributed by atoms with Crippen LogP contribution >= 0.6 is 0 Å². The van der Waals surface area contributed by atoms with Crippen LogP contribution in [0.1, 0.15) is 12.5 Å². The molecule has 0 aliphatic carbocycles. The number of hydrogen-bond donors (Lipinski definition) is 1. The van der Waals surface area contributed by atoms with E-state index in [0.717, 1.165) is 0 Å². The van der Waals surface area contributed by atoms with Crippen molar-refractivity contribution in [1.82, 2.24) is 0 Å². The second-order valence-corrected chi connectivity index (χ2v) is 5.44. The van der Waals surface area contributed by atoms with Crippen LogP contribution in [-0.2, 0) is 9.84 Å². The van der Waals surface area contributed by atoms with E-state index in [4.69, 9.17) is 5.21 Å². The van der Waals surface area contributed by atoms with Gasteiger partial charge in [-0.05, 0) is 0 Å². The van der Waals surface area contributed by atoms with Crippen LogP contribution in [0.5, 0.6) is 0 Å². The summed E-state index contributed by atoms with van der Waals surface area (Å²) in [4.78, 5) is 0. The van der Waals surface area contributed by atoms with Gasteiger partial charge in [-0.2, -0.15) is 0 Å². The van der Waals surface area contributed by atoms with Crippen molar-refractivity contribution in [3.63, 3.8) is 0 Å². The molecular formula is C10H13NO3S. The van der Waals surface area contributed by atoms with Crippen LogP contribution in [0, 0.1) is 0 Å². The van der Waals surface area contributed by atoms with Crippen molar-refractivity contribution in [3.8, 4) is 0 Å². The zero-order chi connectivity index (χ0) is 11.3. The smallest absolute Gasteiger partial charge is 0.155 e. The normalized spacial score (nSPS) is 12.7. The molecule has 0 aromatic heterocycles. The molecule has 1 rings (SSSR count). The van der Waals surface area contributed by atoms with Crippen LogP contribution in [0.4, 0.5) is 0 Å².